The lowest BCUT2D eigenvalue weighted by Gasteiger charge is -2.55. The number of rotatable bonds is 4. The number of fused-ring (bicyclic) bond motifs is 1. The second-order valence-electron chi connectivity index (χ2n) is 5.62. The average Bonchev–Trinajstić information content (AvgIpc) is 2.61. The molecular formula is C12H23NO2. The molecule has 0 radical (unpaired) electrons. The first kappa shape index (κ1) is 11.4. The molecule has 0 aromatic carbocycles. The highest BCUT2D eigenvalue weighted by Crippen LogP contribution is 2.52. The molecule has 0 amide bonds. The van der Waals surface area contributed by atoms with Gasteiger partial charge in [0.25, 0.3) is 0 Å². The Morgan fingerprint density at radius 3 is 2.93 bits per heavy atom. The molecule has 1 saturated carbocycles. The molecular weight excluding hydrogens is 190 g/mol. The standard InChI is InChI=1S/C12H23NO2/c1-8(4-6-14)13-10-9-5-7-15-11(9)12(10,2)3/h8-11,13-14H,4-7H2,1-3H3. The van der Waals surface area contributed by atoms with E-state index in [0.29, 0.717) is 24.1 Å². The van der Waals surface area contributed by atoms with Crippen molar-refractivity contribution in [3.63, 3.8) is 0 Å². The summed E-state index contributed by atoms with van der Waals surface area (Å²) in [5.74, 6) is 0.696. The summed E-state index contributed by atoms with van der Waals surface area (Å²) >= 11 is 0. The van der Waals surface area contributed by atoms with Gasteiger partial charge in [-0.25, -0.2) is 0 Å². The van der Waals surface area contributed by atoms with Crippen molar-refractivity contribution in [2.24, 2.45) is 11.3 Å². The molecule has 1 aliphatic carbocycles. The van der Waals surface area contributed by atoms with Gasteiger partial charge in [-0.15, -0.1) is 0 Å². The van der Waals surface area contributed by atoms with Crippen molar-refractivity contribution in [1.29, 1.82) is 0 Å². The quantitative estimate of drug-likeness (QED) is 0.736. The van der Waals surface area contributed by atoms with Crippen molar-refractivity contribution in [1.82, 2.24) is 5.32 Å². The smallest absolute Gasteiger partial charge is 0.0685 e. The third-order valence-corrected chi connectivity index (χ3v) is 4.13. The van der Waals surface area contributed by atoms with Gasteiger partial charge in [-0.05, 0) is 19.8 Å². The zero-order valence-electron chi connectivity index (χ0n) is 9.99. The third kappa shape index (κ3) is 1.81. The Hall–Kier alpha value is -0.120. The summed E-state index contributed by atoms with van der Waals surface area (Å²) in [7, 11) is 0. The van der Waals surface area contributed by atoms with E-state index in [2.05, 4.69) is 26.1 Å². The molecule has 4 unspecified atom stereocenters. The fourth-order valence-corrected chi connectivity index (χ4v) is 3.25. The molecule has 0 aromatic rings. The number of hydrogen-bond donors (Lipinski definition) is 2. The Balaban J connectivity index is 1.92. The van der Waals surface area contributed by atoms with Crippen molar-refractivity contribution in [2.75, 3.05) is 13.2 Å². The Labute approximate surface area is 92.2 Å². The predicted molar refractivity (Wildman–Crippen MR) is 59.7 cm³/mol. The lowest BCUT2D eigenvalue weighted by Crippen LogP contribution is -2.67. The first-order valence-electron chi connectivity index (χ1n) is 6.06. The van der Waals surface area contributed by atoms with Gasteiger partial charge in [-0.2, -0.15) is 0 Å². The van der Waals surface area contributed by atoms with Crippen LogP contribution in [0.4, 0.5) is 0 Å². The van der Waals surface area contributed by atoms with Crippen LogP contribution < -0.4 is 5.32 Å². The van der Waals surface area contributed by atoms with Crippen LogP contribution in [-0.4, -0.2) is 36.5 Å². The molecule has 1 aliphatic heterocycles. The van der Waals surface area contributed by atoms with E-state index in [1.807, 2.05) is 0 Å². The Morgan fingerprint density at radius 1 is 1.53 bits per heavy atom. The monoisotopic (exact) mass is 213 g/mol. The minimum Gasteiger partial charge on any atom is -0.396 e. The number of ether oxygens (including phenoxy) is 1. The molecule has 0 aromatic heterocycles. The fourth-order valence-electron chi connectivity index (χ4n) is 3.25. The zero-order chi connectivity index (χ0) is 11.1. The molecule has 2 fully saturated rings. The Morgan fingerprint density at radius 2 is 2.27 bits per heavy atom. The predicted octanol–water partition coefficient (Wildman–Crippen LogP) is 1.16. The van der Waals surface area contributed by atoms with Gasteiger partial charge in [0, 0.05) is 36.6 Å². The summed E-state index contributed by atoms with van der Waals surface area (Å²) in [6, 6.07) is 0.965. The molecule has 3 nitrogen and oxygen atoms in total. The van der Waals surface area contributed by atoms with Crippen LogP contribution in [0.15, 0.2) is 0 Å². The van der Waals surface area contributed by atoms with Crippen molar-refractivity contribution >= 4 is 0 Å². The molecule has 2 aliphatic rings. The average molecular weight is 213 g/mol. The van der Waals surface area contributed by atoms with E-state index in [-0.39, 0.29) is 12.0 Å². The van der Waals surface area contributed by atoms with Gasteiger partial charge in [-0.3, -0.25) is 0 Å². The van der Waals surface area contributed by atoms with Crippen LogP contribution in [-0.2, 0) is 4.74 Å². The highest BCUT2D eigenvalue weighted by molar-refractivity contribution is 5.11. The van der Waals surface area contributed by atoms with Gasteiger partial charge in [0.15, 0.2) is 0 Å². The van der Waals surface area contributed by atoms with Gasteiger partial charge in [0.2, 0.25) is 0 Å². The van der Waals surface area contributed by atoms with Crippen LogP contribution in [0.25, 0.3) is 0 Å². The molecule has 2 N–H and O–H groups in total. The molecule has 2 rings (SSSR count). The van der Waals surface area contributed by atoms with Crippen molar-refractivity contribution < 1.29 is 9.84 Å². The van der Waals surface area contributed by atoms with Crippen molar-refractivity contribution in [2.45, 2.75) is 51.8 Å². The second-order valence-corrected chi connectivity index (χ2v) is 5.62. The van der Waals surface area contributed by atoms with Gasteiger partial charge >= 0.3 is 0 Å². The molecule has 15 heavy (non-hydrogen) atoms. The van der Waals surface area contributed by atoms with E-state index >= 15 is 0 Å². The Kier molecular flexibility index (Phi) is 3.06. The van der Waals surface area contributed by atoms with Gasteiger partial charge < -0.3 is 15.2 Å². The van der Waals surface area contributed by atoms with Crippen LogP contribution in [0.1, 0.15) is 33.6 Å². The summed E-state index contributed by atoms with van der Waals surface area (Å²) < 4.78 is 5.75. The van der Waals surface area contributed by atoms with E-state index in [1.165, 1.54) is 6.42 Å². The summed E-state index contributed by atoms with van der Waals surface area (Å²) in [6.07, 6.45) is 2.49. The highest BCUT2D eigenvalue weighted by atomic mass is 16.5. The van der Waals surface area contributed by atoms with Crippen LogP contribution >= 0.6 is 0 Å². The molecule has 88 valence electrons. The Bertz CT molecular complexity index is 230. The summed E-state index contributed by atoms with van der Waals surface area (Å²) in [4.78, 5) is 0. The van der Waals surface area contributed by atoms with Gasteiger partial charge in [-0.1, -0.05) is 13.8 Å². The largest absolute Gasteiger partial charge is 0.396 e. The van der Waals surface area contributed by atoms with Crippen LogP contribution in [0.5, 0.6) is 0 Å². The summed E-state index contributed by atoms with van der Waals surface area (Å²) in [5.41, 5.74) is 0.255. The topological polar surface area (TPSA) is 41.5 Å². The van der Waals surface area contributed by atoms with E-state index in [0.717, 1.165) is 13.0 Å². The third-order valence-electron chi connectivity index (χ3n) is 4.13. The normalized spacial score (nSPS) is 39.6. The van der Waals surface area contributed by atoms with E-state index < -0.39 is 0 Å². The number of aliphatic hydroxyl groups is 1. The lowest BCUT2D eigenvalue weighted by molar-refractivity contribution is -0.115. The molecule has 1 heterocycles. The van der Waals surface area contributed by atoms with E-state index in [4.69, 9.17) is 9.84 Å². The molecule has 4 atom stereocenters. The lowest BCUT2D eigenvalue weighted by atomic mass is 9.57. The molecule has 1 saturated heterocycles. The van der Waals surface area contributed by atoms with Gasteiger partial charge in [0.1, 0.15) is 0 Å². The maximum atomic E-state index is 8.89. The number of nitrogens with one attached hydrogen (secondary N) is 1. The maximum Gasteiger partial charge on any atom is 0.0685 e. The number of hydrogen-bond acceptors (Lipinski definition) is 3. The SMILES string of the molecule is CC(CCO)NC1C2CCOC2C1(C)C. The summed E-state index contributed by atoms with van der Waals surface area (Å²) in [5, 5.41) is 12.5. The van der Waals surface area contributed by atoms with Crippen LogP contribution in [0, 0.1) is 11.3 Å². The summed E-state index contributed by atoms with van der Waals surface area (Å²) in [6.45, 7) is 7.90. The molecule has 0 spiro atoms. The first-order valence-corrected chi connectivity index (χ1v) is 6.06. The minimum absolute atomic E-state index is 0.255. The van der Waals surface area contributed by atoms with Crippen LogP contribution in [0.3, 0.4) is 0 Å². The second kappa shape index (κ2) is 4.04. The highest BCUT2D eigenvalue weighted by Gasteiger charge is 2.59. The minimum atomic E-state index is 0.255. The molecule has 0 bridgehead atoms. The van der Waals surface area contributed by atoms with Gasteiger partial charge in [0.05, 0.1) is 6.10 Å². The maximum absolute atomic E-state index is 8.89. The van der Waals surface area contributed by atoms with E-state index in [9.17, 15) is 0 Å². The zero-order valence-corrected chi connectivity index (χ0v) is 9.99. The van der Waals surface area contributed by atoms with Crippen molar-refractivity contribution in [3.8, 4) is 0 Å². The van der Waals surface area contributed by atoms with E-state index in [1.54, 1.807) is 0 Å². The van der Waals surface area contributed by atoms with Crippen LogP contribution in [0.2, 0.25) is 0 Å². The fraction of sp³-hybridized carbons (Fsp3) is 1.00. The van der Waals surface area contributed by atoms with Crippen molar-refractivity contribution in [3.05, 3.63) is 0 Å². The first-order chi connectivity index (χ1) is 7.07. The molecule has 3 heteroatoms. The number of aliphatic hydroxyl groups excluding tert-OH is 1.